The largest absolute Gasteiger partial charge is 0.507 e. The zero-order valence-corrected chi connectivity index (χ0v) is 15.0. The first-order chi connectivity index (χ1) is 13.2. The maximum Gasteiger partial charge on any atom is 0.434 e. The first-order valence-electron chi connectivity index (χ1n) is 8.32. The second kappa shape index (κ2) is 7.34. The van der Waals surface area contributed by atoms with Crippen LogP contribution >= 0.6 is 0 Å². The summed E-state index contributed by atoms with van der Waals surface area (Å²) < 4.78 is 46.1. The summed E-state index contributed by atoms with van der Waals surface area (Å²) in [6.45, 7) is 3.13. The molecular weight excluding hydrogens is 375 g/mol. The van der Waals surface area contributed by atoms with Gasteiger partial charge in [0.05, 0.1) is 18.5 Å². The van der Waals surface area contributed by atoms with Crippen LogP contribution in [0.4, 0.5) is 13.2 Å². The van der Waals surface area contributed by atoms with E-state index in [-0.39, 0.29) is 23.9 Å². The number of hydrogen-bond donors (Lipinski definition) is 1. The van der Waals surface area contributed by atoms with Crippen LogP contribution in [0.25, 0.3) is 17.1 Å². The van der Waals surface area contributed by atoms with Crippen LogP contribution in [0.5, 0.6) is 5.75 Å². The molecule has 0 bridgehead atoms. The predicted molar refractivity (Wildman–Crippen MR) is 94.2 cm³/mol. The normalized spacial score (nSPS) is 11.5. The highest BCUT2D eigenvalue weighted by Crippen LogP contribution is 2.35. The summed E-state index contributed by atoms with van der Waals surface area (Å²) in [7, 11) is 0. The van der Waals surface area contributed by atoms with Crippen molar-refractivity contribution in [1.29, 1.82) is 0 Å². The Labute approximate surface area is 158 Å². The lowest BCUT2D eigenvalue weighted by molar-refractivity contribution is -0.143. The van der Waals surface area contributed by atoms with Crippen molar-refractivity contribution in [2.45, 2.75) is 20.0 Å². The molecule has 9 heteroatoms. The maximum absolute atomic E-state index is 13.6. The molecule has 0 aliphatic heterocycles. The van der Waals surface area contributed by atoms with E-state index in [1.807, 2.05) is 0 Å². The number of esters is 1. The van der Waals surface area contributed by atoms with Gasteiger partial charge in [-0.15, -0.1) is 0 Å². The van der Waals surface area contributed by atoms with E-state index in [0.29, 0.717) is 15.8 Å². The first-order valence-corrected chi connectivity index (χ1v) is 8.32. The molecule has 2 heterocycles. The predicted octanol–water partition coefficient (Wildman–Crippen LogP) is 4.14. The number of pyridine rings is 1. The molecule has 0 unspecified atom stereocenters. The zero-order valence-electron chi connectivity index (χ0n) is 15.0. The number of carbonyl (C=O) groups excluding carboxylic acids is 1. The summed E-state index contributed by atoms with van der Waals surface area (Å²) in [5.41, 5.74) is -0.735. The Kier molecular flexibility index (Phi) is 5.08. The third-order valence-electron chi connectivity index (χ3n) is 4.00. The number of nitrogens with zero attached hydrogens (tertiary/aromatic N) is 3. The molecule has 0 aliphatic rings. The molecule has 2 aromatic heterocycles. The summed E-state index contributed by atoms with van der Waals surface area (Å²) >= 11 is 0. The van der Waals surface area contributed by atoms with Gasteiger partial charge in [0, 0.05) is 5.56 Å². The summed E-state index contributed by atoms with van der Waals surface area (Å²) in [6, 6.07) is 9.38. The number of phenols is 1. The number of carbonyl (C=O) groups is 1. The lowest BCUT2D eigenvalue weighted by Gasteiger charge is -2.13. The Morgan fingerprint density at radius 2 is 1.93 bits per heavy atom. The smallest absolute Gasteiger partial charge is 0.434 e. The van der Waals surface area contributed by atoms with Gasteiger partial charge < -0.3 is 9.84 Å². The highest BCUT2D eigenvalue weighted by Gasteiger charge is 2.41. The van der Waals surface area contributed by atoms with Crippen molar-refractivity contribution in [2.75, 3.05) is 6.61 Å². The van der Waals surface area contributed by atoms with E-state index in [2.05, 4.69) is 14.8 Å². The minimum atomic E-state index is -4.86. The van der Waals surface area contributed by atoms with Crippen molar-refractivity contribution in [1.82, 2.24) is 14.8 Å². The van der Waals surface area contributed by atoms with Gasteiger partial charge in [0.15, 0.2) is 11.5 Å². The number of alkyl halides is 3. The Bertz CT molecular complexity index is 1030. The van der Waals surface area contributed by atoms with Gasteiger partial charge in [-0.2, -0.15) is 18.3 Å². The second-order valence-corrected chi connectivity index (χ2v) is 5.89. The van der Waals surface area contributed by atoms with Crippen molar-refractivity contribution in [3.8, 4) is 22.8 Å². The third kappa shape index (κ3) is 3.55. The van der Waals surface area contributed by atoms with Crippen LogP contribution in [-0.4, -0.2) is 32.4 Å². The van der Waals surface area contributed by atoms with Gasteiger partial charge in [0.1, 0.15) is 11.3 Å². The molecule has 0 aliphatic carbocycles. The van der Waals surface area contributed by atoms with Gasteiger partial charge >= 0.3 is 12.1 Å². The Morgan fingerprint density at radius 1 is 1.21 bits per heavy atom. The molecule has 1 aromatic carbocycles. The van der Waals surface area contributed by atoms with E-state index in [1.54, 1.807) is 31.2 Å². The molecule has 0 spiro atoms. The molecule has 3 aromatic rings. The van der Waals surface area contributed by atoms with Crippen LogP contribution < -0.4 is 0 Å². The standard InChI is InChI=1S/C19H16F3N3O3/c1-3-28-18(27)13-10-23-25(17(13)19(20,21)22)15-9-5-8-14(24-15)12-7-4-6-11(2)16(12)26/h4-10,26H,3H2,1-2H3. The number of aryl methyl sites for hydroxylation is 1. The summed E-state index contributed by atoms with van der Waals surface area (Å²) in [4.78, 5) is 16.1. The monoisotopic (exact) mass is 391 g/mol. The molecular formula is C19H16F3N3O3. The quantitative estimate of drug-likeness (QED) is 0.677. The van der Waals surface area contributed by atoms with E-state index in [1.165, 1.54) is 19.1 Å². The number of hydrogen-bond acceptors (Lipinski definition) is 5. The number of phenolic OH excluding ortho intramolecular Hbond substituents is 1. The van der Waals surface area contributed by atoms with Gasteiger partial charge in [-0.25, -0.2) is 14.5 Å². The summed E-state index contributed by atoms with van der Waals surface area (Å²) in [6.07, 6.45) is -4.05. The fourth-order valence-electron chi connectivity index (χ4n) is 2.71. The Hall–Kier alpha value is -3.36. The lowest BCUT2D eigenvalue weighted by atomic mass is 10.1. The van der Waals surface area contributed by atoms with Crippen LogP contribution in [0.15, 0.2) is 42.6 Å². The summed E-state index contributed by atoms with van der Waals surface area (Å²) in [5.74, 6) is -1.29. The molecule has 0 saturated carbocycles. The van der Waals surface area contributed by atoms with E-state index >= 15 is 0 Å². The van der Waals surface area contributed by atoms with Crippen LogP contribution in [0.1, 0.15) is 28.5 Å². The second-order valence-electron chi connectivity index (χ2n) is 5.89. The number of aromatic nitrogens is 3. The van der Waals surface area contributed by atoms with Gasteiger partial charge in [-0.05, 0) is 37.6 Å². The maximum atomic E-state index is 13.6. The number of aromatic hydroxyl groups is 1. The van der Waals surface area contributed by atoms with Crippen molar-refractivity contribution >= 4 is 5.97 Å². The molecule has 0 radical (unpaired) electrons. The highest BCUT2D eigenvalue weighted by molar-refractivity contribution is 5.90. The minimum absolute atomic E-state index is 0.0177. The fourth-order valence-corrected chi connectivity index (χ4v) is 2.71. The Morgan fingerprint density at radius 3 is 2.61 bits per heavy atom. The number of ether oxygens (including phenoxy) is 1. The van der Waals surface area contributed by atoms with Crippen molar-refractivity contribution in [2.24, 2.45) is 0 Å². The van der Waals surface area contributed by atoms with Crippen molar-refractivity contribution in [3.63, 3.8) is 0 Å². The molecule has 0 amide bonds. The van der Waals surface area contributed by atoms with Crippen LogP contribution in [-0.2, 0) is 10.9 Å². The molecule has 28 heavy (non-hydrogen) atoms. The van der Waals surface area contributed by atoms with Crippen molar-refractivity contribution in [3.05, 3.63) is 59.4 Å². The molecule has 6 nitrogen and oxygen atoms in total. The van der Waals surface area contributed by atoms with E-state index in [9.17, 15) is 23.1 Å². The number of rotatable bonds is 4. The van der Waals surface area contributed by atoms with E-state index < -0.39 is 23.4 Å². The van der Waals surface area contributed by atoms with Crippen LogP contribution in [0, 0.1) is 6.92 Å². The van der Waals surface area contributed by atoms with Gasteiger partial charge in [0.2, 0.25) is 0 Å². The number of benzene rings is 1. The van der Waals surface area contributed by atoms with E-state index in [0.717, 1.165) is 6.20 Å². The first kappa shape index (κ1) is 19.4. The fraction of sp³-hybridized carbons (Fsp3) is 0.211. The average molecular weight is 391 g/mol. The molecule has 3 rings (SSSR count). The van der Waals surface area contributed by atoms with Crippen LogP contribution in [0.3, 0.4) is 0 Å². The summed E-state index contributed by atoms with van der Waals surface area (Å²) in [5, 5.41) is 13.9. The SMILES string of the molecule is CCOC(=O)c1cnn(-c2cccc(-c3cccc(C)c3O)n2)c1C(F)(F)F. The zero-order chi connectivity index (χ0) is 20.5. The molecule has 0 atom stereocenters. The van der Waals surface area contributed by atoms with Crippen LogP contribution in [0.2, 0.25) is 0 Å². The molecule has 1 N–H and O–H groups in total. The van der Waals surface area contributed by atoms with Crippen molar-refractivity contribution < 1.29 is 27.8 Å². The third-order valence-corrected chi connectivity index (χ3v) is 4.00. The van der Waals surface area contributed by atoms with Gasteiger partial charge in [-0.1, -0.05) is 18.2 Å². The molecule has 0 saturated heterocycles. The topological polar surface area (TPSA) is 77.2 Å². The molecule has 0 fully saturated rings. The lowest BCUT2D eigenvalue weighted by Crippen LogP contribution is -2.19. The van der Waals surface area contributed by atoms with Gasteiger partial charge in [-0.3, -0.25) is 0 Å². The molecule has 146 valence electrons. The minimum Gasteiger partial charge on any atom is -0.507 e. The number of para-hydroxylation sites is 1. The van der Waals surface area contributed by atoms with E-state index in [4.69, 9.17) is 0 Å². The van der Waals surface area contributed by atoms with Gasteiger partial charge in [0.25, 0.3) is 0 Å². The highest BCUT2D eigenvalue weighted by atomic mass is 19.4. The average Bonchev–Trinajstić information content (AvgIpc) is 3.10. The number of halogens is 3. The Balaban J connectivity index is 2.15.